The zero-order valence-corrected chi connectivity index (χ0v) is 26.1. The third-order valence-corrected chi connectivity index (χ3v) is 8.04. The Morgan fingerprint density at radius 1 is 0.327 bits per heavy atom. The summed E-state index contributed by atoms with van der Waals surface area (Å²) in [5.74, 6) is -15.0. The van der Waals surface area contributed by atoms with Crippen LogP contribution in [0.5, 0.6) is 23.0 Å². The van der Waals surface area contributed by atoms with E-state index in [0.717, 1.165) is 36.4 Å². The monoisotopic (exact) mass is 744 g/mol. The van der Waals surface area contributed by atoms with Gasteiger partial charge in [-0.15, -0.1) is 0 Å². The van der Waals surface area contributed by atoms with Crippen molar-refractivity contribution in [1.29, 1.82) is 0 Å². The lowest BCUT2D eigenvalue weighted by Gasteiger charge is -2.41. The van der Waals surface area contributed by atoms with E-state index in [1.165, 1.54) is 36.4 Å². The molecule has 0 spiro atoms. The first-order chi connectivity index (χ1) is 24.2. The van der Waals surface area contributed by atoms with Gasteiger partial charge in [-0.2, -0.15) is 43.9 Å². The van der Waals surface area contributed by atoms with Gasteiger partial charge in [0, 0.05) is 11.1 Å². The average Bonchev–Trinajstić information content (AvgIpc) is 3.08. The largest absolute Gasteiger partial charge is 0.455 e. The minimum Gasteiger partial charge on any atom is -0.455 e. The zero-order chi connectivity index (χ0) is 38.3. The standard InChI is InChI=1S/C36H24F12N2O2/c37-31(35(43,44)45,33(39,40)23-13-3-7-17-27(23)51-29-19-9-5-15-25(29)49)21-11-1-2-12-22(21)32(38,36(46,47)48)34(41,42)24-14-4-8-18-28(24)52-30-20-10-6-16-26(30)50/h1-20H,49-50H2. The molecular weight excluding hydrogens is 720 g/mol. The maximum atomic E-state index is 16.9. The van der Waals surface area contributed by atoms with Gasteiger partial charge >= 0.3 is 24.2 Å². The lowest BCUT2D eigenvalue weighted by Crippen LogP contribution is -2.56. The molecule has 2 unspecified atom stereocenters. The third-order valence-electron chi connectivity index (χ3n) is 8.04. The first-order valence-electron chi connectivity index (χ1n) is 14.8. The summed E-state index contributed by atoms with van der Waals surface area (Å²) in [4.78, 5) is 0. The Kier molecular flexibility index (Phi) is 9.58. The number of nitrogen functional groups attached to an aromatic ring is 2. The second-order valence-corrected chi connectivity index (χ2v) is 11.3. The minimum atomic E-state index is -6.89. The number of ether oxygens (including phenoxy) is 2. The molecule has 274 valence electrons. The second-order valence-electron chi connectivity index (χ2n) is 11.3. The molecule has 5 rings (SSSR count). The van der Waals surface area contributed by atoms with E-state index in [-0.39, 0.29) is 47.1 Å². The van der Waals surface area contributed by atoms with Crippen LogP contribution in [0.15, 0.2) is 121 Å². The molecular formula is C36H24F12N2O2. The number of halogens is 12. The van der Waals surface area contributed by atoms with Crippen molar-refractivity contribution in [2.45, 2.75) is 35.5 Å². The van der Waals surface area contributed by atoms with Crippen LogP contribution in [0, 0.1) is 0 Å². The fourth-order valence-corrected chi connectivity index (χ4v) is 5.47. The van der Waals surface area contributed by atoms with Crippen molar-refractivity contribution < 1.29 is 62.2 Å². The van der Waals surface area contributed by atoms with Crippen LogP contribution in [0.3, 0.4) is 0 Å². The third kappa shape index (κ3) is 6.09. The first kappa shape index (κ1) is 37.7. The van der Waals surface area contributed by atoms with Crippen LogP contribution in [-0.4, -0.2) is 12.4 Å². The molecule has 16 heteroatoms. The maximum absolute atomic E-state index is 16.9. The molecule has 5 aromatic rings. The highest BCUT2D eigenvalue weighted by atomic mass is 19.4. The van der Waals surface area contributed by atoms with Crippen LogP contribution < -0.4 is 20.9 Å². The summed E-state index contributed by atoms with van der Waals surface area (Å²) in [6.45, 7) is 0. The molecule has 0 fully saturated rings. The summed E-state index contributed by atoms with van der Waals surface area (Å²) in [5.41, 5.74) is -11.0. The molecule has 2 atom stereocenters. The van der Waals surface area contributed by atoms with E-state index in [1.54, 1.807) is 0 Å². The van der Waals surface area contributed by atoms with Gasteiger partial charge in [0.15, 0.2) is 0 Å². The van der Waals surface area contributed by atoms with E-state index in [4.69, 9.17) is 20.9 Å². The van der Waals surface area contributed by atoms with Gasteiger partial charge in [0.05, 0.1) is 22.5 Å². The van der Waals surface area contributed by atoms with E-state index < -0.39 is 69.3 Å². The molecule has 0 aromatic heterocycles. The van der Waals surface area contributed by atoms with Crippen LogP contribution in [0.25, 0.3) is 0 Å². The highest BCUT2D eigenvalue weighted by molar-refractivity contribution is 5.57. The van der Waals surface area contributed by atoms with Gasteiger partial charge in [-0.3, -0.25) is 0 Å². The number of hydrogen-bond donors (Lipinski definition) is 2. The highest BCUT2D eigenvalue weighted by Gasteiger charge is 2.79. The van der Waals surface area contributed by atoms with Crippen molar-refractivity contribution in [3.8, 4) is 23.0 Å². The second kappa shape index (κ2) is 13.2. The van der Waals surface area contributed by atoms with Gasteiger partial charge in [0.25, 0.3) is 11.3 Å². The maximum Gasteiger partial charge on any atom is 0.433 e. The van der Waals surface area contributed by atoms with Crippen LogP contribution in [-0.2, 0) is 23.2 Å². The lowest BCUT2D eigenvalue weighted by atomic mass is 9.75. The van der Waals surface area contributed by atoms with Gasteiger partial charge in [-0.1, -0.05) is 72.8 Å². The molecule has 0 amide bonds. The summed E-state index contributed by atoms with van der Waals surface area (Å²) in [6, 6.07) is 15.5. The van der Waals surface area contributed by atoms with Crippen molar-refractivity contribution >= 4 is 11.4 Å². The SMILES string of the molecule is Nc1ccccc1Oc1ccccc1C(F)(F)C(F)(c1ccccc1C(F)(C(F)(F)F)C(F)(F)c1ccccc1Oc1ccccc1N)C(F)(F)F. The van der Waals surface area contributed by atoms with Gasteiger partial charge < -0.3 is 20.9 Å². The molecule has 4 N–H and O–H groups in total. The van der Waals surface area contributed by atoms with Crippen molar-refractivity contribution in [2.24, 2.45) is 0 Å². The normalized spacial score (nSPS) is 15.0. The van der Waals surface area contributed by atoms with E-state index in [2.05, 4.69) is 0 Å². The number of rotatable bonds is 10. The number of nitrogens with two attached hydrogens (primary N) is 2. The molecule has 0 aliphatic heterocycles. The number of alkyl halides is 12. The van der Waals surface area contributed by atoms with E-state index in [9.17, 15) is 26.3 Å². The van der Waals surface area contributed by atoms with Crippen LogP contribution in [0.2, 0.25) is 0 Å². The minimum absolute atomic E-state index is 0.206. The quantitative estimate of drug-likeness (QED) is 0.110. The Bertz CT molecular complexity index is 1920. The molecule has 0 radical (unpaired) electrons. The predicted molar refractivity (Wildman–Crippen MR) is 167 cm³/mol. The van der Waals surface area contributed by atoms with Crippen LogP contribution in [0.1, 0.15) is 22.3 Å². The first-order valence-corrected chi connectivity index (χ1v) is 14.8. The zero-order valence-electron chi connectivity index (χ0n) is 26.1. The lowest BCUT2D eigenvalue weighted by molar-refractivity contribution is -0.326. The molecule has 0 aliphatic carbocycles. The van der Waals surface area contributed by atoms with Gasteiger partial charge in [0.1, 0.15) is 23.0 Å². The van der Waals surface area contributed by atoms with Crippen LogP contribution in [0.4, 0.5) is 64.1 Å². The number of benzene rings is 5. The fourth-order valence-electron chi connectivity index (χ4n) is 5.47. The highest BCUT2D eigenvalue weighted by Crippen LogP contribution is 2.65. The average molecular weight is 745 g/mol. The number of hydrogen-bond acceptors (Lipinski definition) is 4. The molecule has 0 saturated carbocycles. The molecule has 0 bridgehead atoms. The molecule has 4 nitrogen and oxygen atoms in total. The topological polar surface area (TPSA) is 70.5 Å². The van der Waals surface area contributed by atoms with Crippen molar-refractivity contribution in [2.75, 3.05) is 11.5 Å². The Morgan fingerprint density at radius 2 is 0.577 bits per heavy atom. The van der Waals surface area contributed by atoms with Crippen molar-refractivity contribution in [3.05, 3.63) is 144 Å². The molecule has 0 aliphatic rings. The fraction of sp³-hybridized carbons (Fsp3) is 0.167. The van der Waals surface area contributed by atoms with Crippen molar-refractivity contribution in [3.63, 3.8) is 0 Å². The van der Waals surface area contributed by atoms with Gasteiger partial charge in [0.2, 0.25) is 0 Å². The van der Waals surface area contributed by atoms with Gasteiger partial charge in [-0.25, -0.2) is 8.78 Å². The Morgan fingerprint density at radius 3 is 0.865 bits per heavy atom. The van der Waals surface area contributed by atoms with Gasteiger partial charge in [-0.05, 0) is 48.5 Å². The molecule has 5 aromatic carbocycles. The summed E-state index contributed by atoms with van der Waals surface area (Å²) in [5, 5.41) is 0. The number of para-hydroxylation sites is 6. The summed E-state index contributed by atoms with van der Waals surface area (Å²) in [7, 11) is 0. The summed E-state index contributed by atoms with van der Waals surface area (Å²) >= 11 is 0. The van der Waals surface area contributed by atoms with E-state index in [1.807, 2.05) is 0 Å². The summed E-state index contributed by atoms with van der Waals surface area (Å²) < 4.78 is 199. The van der Waals surface area contributed by atoms with E-state index >= 15 is 26.3 Å². The smallest absolute Gasteiger partial charge is 0.433 e. The van der Waals surface area contributed by atoms with Crippen molar-refractivity contribution in [1.82, 2.24) is 0 Å². The number of anilines is 2. The molecule has 0 saturated heterocycles. The Hall–Kier alpha value is -5.54. The van der Waals surface area contributed by atoms with Crippen LogP contribution >= 0.6 is 0 Å². The Labute approximate surface area is 287 Å². The van der Waals surface area contributed by atoms with E-state index in [0.29, 0.717) is 24.3 Å². The predicted octanol–water partition coefficient (Wildman–Crippen LogP) is 11.5. The summed E-state index contributed by atoms with van der Waals surface area (Å²) in [6.07, 6.45) is -13.8. The molecule has 52 heavy (non-hydrogen) atoms. The Balaban J connectivity index is 1.76. The molecule has 0 heterocycles.